The summed E-state index contributed by atoms with van der Waals surface area (Å²) in [7, 11) is 0. The number of primary amides is 1. The number of nitrogens with zero attached hydrogens (tertiary/aromatic N) is 1. The Labute approximate surface area is 88.7 Å². The van der Waals surface area contributed by atoms with Crippen LogP contribution >= 0.6 is 0 Å². The molecule has 0 spiro atoms. The summed E-state index contributed by atoms with van der Waals surface area (Å²) in [6.45, 7) is 4.30. The van der Waals surface area contributed by atoms with Crippen LogP contribution in [-0.4, -0.2) is 49.2 Å². The highest BCUT2D eigenvalue weighted by Crippen LogP contribution is 2.07. The third kappa shape index (κ3) is 4.26. The van der Waals surface area contributed by atoms with Crippen molar-refractivity contribution in [3.8, 4) is 0 Å². The monoisotopic (exact) mass is 215 g/mol. The van der Waals surface area contributed by atoms with Gasteiger partial charge < -0.3 is 10.5 Å². The number of imide groups is 1. The second-order valence-corrected chi connectivity index (χ2v) is 3.55. The van der Waals surface area contributed by atoms with Gasteiger partial charge in [0.1, 0.15) is 0 Å². The van der Waals surface area contributed by atoms with Crippen molar-refractivity contribution in [2.75, 3.05) is 26.2 Å². The Morgan fingerprint density at radius 3 is 2.93 bits per heavy atom. The molecular weight excluding hydrogens is 198 g/mol. The number of amides is 3. The number of carbonyl (C=O) groups is 2. The van der Waals surface area contributed by atoms with E-state index in [0.29, 0.717) is 13.2 Å². The molecule has 3 N–H and O–H groups in total. The number of hydrogen-bond acceptors (Lipinski definition) is 4. The standard InChI is InChI=1S/C9H17N3O3/c1-2-7-5-12(3-4-15-7)6-8(13)11-9(10)14/h7H,2-6H2,1H3,(H3,10,11,13,14). The molecule has 1 fully saturated rings. The lowest BCUT2D eigenvalue weighted by molar-refractivity contribution is -0.123. The minimum absolute atomic E-state index is 0.181. The van der Waals surface area contributed by atoms with E-state index in [1.165, 1.54) is 0 Å². The third-order valence-electron chi connectivity index (χ3n) is 2.31. The fraction of sp³-hybridized carbons (Fsp3) is 0.778. The Morgan fingerprint density at radius 2 is 2.33 bits per heavy atom. The van der Waals surface area contributed by atoms with Gasteiger partial charge in [-0.15, -0.1) is 0 Å². The van der Waals surface area contributed by atoms with E-state index >= 15 is 0 Å². The van der Waals surface area contributed by atoms with Crippen LogP contribution in [-0.2, 0) is 9.53 Å². The molecule has 86 valence electrons. The summed E-state index contributed by atoms with van der Waals surface area (Å²) in [4.78, 5) is 23.6. The number of rotatable bonds is 3. The van der Waals surface area contributed by atoms with E-state index in [4.69, 9.17) is 10.5 Å². The van der Waals surface area contributed by atoms with Crippen LogP contribution in [0.5, 0.6) is 0 Å². The molecule has 0 aliphatic carbocycles. The van der Waals surface area contributed by atoms with Crippen LogP contribution in [0.25, 0.3) is 0 Å². The molecule has 1 aliphatic heterocycles. The summed E-state index contributed by atoms with van der Waals surface area (Å²) in [6.07, 6.45) is 1.11. The van der Waals surface area contributed by atoms with Crippen molar-refractivity contribution in [3.63, 3.8) is 0 Å². The summed E-state index contributed by atoms with van der Waals surface area (Å²) < 4.78 is 5.46. The molecule has 6 heteroatoms. The van der Waals surface area contributed by atoms with Crippen molar-refractivity contribution in [1.82, 2.24) is 10.2 Å². The number of hydrogen-bond donors (Lipinski definition) is 2. The molecule has 1 saturated heterocycles. The highest BCUT2D eigenvalue weighted by atomic mass is 16.5. The molecule has 15 heavy (non-hydrogen) atoms. The maximum atomic E-state index is 11.2. The summed E-state index contributed by atoms with van der Waals surface area (Å²) in [6, 6.07) is -0.805. The molecule has 3 amide bonds. The first-order valence-electron chi connectivity index (χ1n) is 5.05. The zero-order valence-electron chi connectivity index (χ0n) is 8.86. The highest BCUT2D eigenvalue weighted by Gasteiger charge is 2.20. The predicted octanol–water partition coefficient (Wildman–Crippen LogP) is -0.708. The minimum Gasteiger partial charge on any atom is -0.376 e. The first-order valence-corrected chi connectivity index (χ1v) is 5.05. The summed E-state index contributed by atoms with van der Waals surface area (Å²) in [5, 5.41) is 2.04. The van der Waals surface area contributed by atoms with Crippen LogP contribution in [0.2, 0.25) is 0 Å². The zero-order chi connectivity index (χ0) is 11.3. The van der Waals surface area contributed by atoms with Gasteiger partial charge in [0.25, 0.3) is 0 Å². The molecule has 0 bridgehead atoms. The van der Waals surface area contributed by atoms with E-state index < -0.39 is 6.03 Å². The van der Waals surface area contributed by atoms with Crippen molar-refractivity contribution < 1.29 is 14.3 Å². The largest absolute Gasteiger partial charge is 0.376 e. The topological polar surface area (TPSA) is 84.7 Å². The second-order valence-electron chi connectivity index (χ2n) is 3.55. The van der Waals surface area contributed by atoms with Crippen LogP contribution in [0.15, 0.2) is 0 Å². The lowest BCUT2D eigenvalue weighted by Gasteiger charge is -2.31. The van der Waals surface area contributed by atoms with E-state index in [2.05, 4.69) is 0 Å². The van der Waals surface area contributed by atoms with E-state index in [1.807, 2.05) is 17.1 Å². The average Bonchev–Trinajstić information content (AvgIpc) is 2.16. The minimum atomic E-state index is -0.805. The number of ether oxygens (including phenoxy) is 1. The van der Waals surface area contributed by atoms with Crippen molar-refractivity contribution in [2.45, 2.75) is 19.4 Å². The van der Waals surface area contributed by atoms with Crippen molar-refractivity contribution >= 4 is 11.9 Å². The smallest absolute Gasteiger partial charge is 0.318 e. The summed E-state index contributed by atoms with van der Waals surface area (Å²) in [5.41, 5.74) is 4.84. The molecule has 0 radical (unpaired) electrons. The quantitative estimate of drug-likeness (QED) is 0.651. The van der Waals surface area contributed by atoms with E-state index in [-0.39, 0.29) is 18.6 Å². The molecular formula is C9H17N3O3. The van der Waals surface area contributed by atoms with E-state index in [1.54, 1.807) is 0 Å². The summed E-state index contributed by atoms with van der Waals surface area (Å²) in [5.74, 6) is -0.362. The highest BCUT2D eigenvalue weighted by molar-refractivity contribution is 5.94. The fourth-order valence-corrected chi connectivity index (χ4v) is 1.55. The fourth-order valence-electron chi connectivity index (χ4n) is 1.55. The second kappa shape index (κ2) is 5.67. The van der Waals surface area contributed by atoms with Crippen molar-refractivity contribution in [1.29, 1.82) is 0 Å². The molecule has 0 aromatic carbocycles. The molecule has 1 rings (SSSR count). The number of morpholine rings is 1. The van der Waals surface area contributed by atoms with Gasteiger partial charge in [-0.2, -0.15) is 0 Å². The molecule has 6 nitrogen and oxygen atoms in total. The molecule has 0 saturated carbocycles. The number of nitrogens with two attached hydrogens (primary N) is 1. The van der Waals surface area contributed by atoms with Crippen molar-refractivity contribution in [2.24, 2.45) is 5.73 Å². The SMILES string of the molecule is CCC1CN(CC(=O)NC(N)=O)CCO1. The van der Waals surface area contributed by atoms with Crippen LogP contribution in [0.3, 0.4) is 0 Å². The normalized spacial score (nSPS) is 22.3. The lowest BCUT2D eigenvalue weighted by Crippen LogP contribution is -2.48. The van der Waals surface area contributed by atoms with Gasteiger partial charge in [0.05, 0.1) is 19.3 Å². The van der Waals surface area contributed by atoms with Gasteiger partial charge in [0, 0.05) is 13.1 Å². The van der Waals surface area contributed by atoms with Gasteiger partial charge in [-0.05, 0) is 6.42 Å². The van der Waals surface area contributed by atoms with Gasteiger partial charge in [0.15, 0.2) is 0 Å². The Kier molecular flexibility index (Phi) is 4.51. The van der Waals surface area contributed by atoms with Gasteiger partial charge in [-0.1, -0.05) is 6.92 Å². The molecule has 0 aromatic heterocycles. The third-order valence-corrected chi connectivity index (χ3v) is 2.31. The van der Waals surface area contributed by atoms with Gasteiger partial charge in [0.2, 0.25) is 5.91 Å². The number of nitrogens with one attached hydrogen (secondary N) is 1. The first kappa shape index (κ1) is 11.9. The first-order chi connectivity index (χ1) is 7.11. The summed E-state index contributed by atoms with van der Waals surface area (Å²) >= 11 is 0. The van der Waals surface area contributed by atoms with E-state index in [9.17, 15) is 9.59 Å². The lowest BCUT2D eigenvalue weighted by atomic mass is 10.2. The molecule has 1 atom stereocenters. The van der Waals surface area contributed by atoms with Crippen LogP contribution in [0, 0.1) is 0 Å². The van der Waals surface area contributed by atoms with Gasteiger partial charge in [-0.3, -0.25) is 15.0 Å². The molecule has 0 aromatic rings. The molecule has 1 unspecified atom stereocenters. The van der Waals surface area contributed by atoms with Crippen LogP contribution in [0.4, 0.5) is 4.79 Å². The van der Waals surface area contributed by atoms with Crippen LogP contribution < -0.4 is 11.1 Å². The maximum Gasteiger partial charge on any atom is 0.318 e. The Morgan fingerprint density at radius 1 is 1.60 bits per heavy atom. The van der Waals surface area contributed by atoms with Gasteiger partial charge >= 0.3 is 6.03 Å². The molecule has 1 aliphatic rings. The van der Waals surface area contributed by atoms with Gasteiger partial charge in [-0.25, -0.2) is 4.79 Å². The Balaban J connectivity index is 2.31. The zero-order valence-corrected chi connectivity index (χ0v) is 8.86. The Hall–Kier alpha value is -1.14. The van der Waals surface area contributed by atoms with Crippen molar-refractivity contribution in [3.05, 3.63) is 0 Å². The van der Waals surface area contributed by atoms with E-state index in [0.717, 1.165) is 13.0 Å². The predicted molar refractivity (Wildman–Crippen MR) is 54.2 cm³/mol. The maximum absolute atomic E-state index is 11.2. The molecule has 1 heterocycles. The Bertz CT molecular complexity index is 245. The average molecular weight is 215 g/mol. The number of urea groups is 1. The number of carbonyl (C=O) groups excluding carboxylic acids is 2. The van der Waals surface area contributed by atoms with Crippen LogP contribution in [0.1, 0.15) is 13.3 Å².